The number of aromatic hydroxyl groups is 1. The molecule has 0 radical (unpaired) electrons. The van der Waals surface area contributed by atoms with Crippen molar-refractivity contribution in [3.05, 3.63) is 67.3 Å². The largest absolute Gasteiger partial charge is 0.508 e. The van der Waals surface area contributed by atoms with Crippen LogP contribution in [0.4, 0.5) is 0 Å². The molecule has 3 heterocycles. The van der Waals surface area contributed by atoms with Gasteiger partial charge in [-0.1, -0.05) is 12.1 Å². The Hall–Kier alpha value is -9.83. The molecule has 0 spiro atoms. The number of primary amides is 1. The van der Waals surface area contributed by atoms with E-state index >= 15 is 4.79 Å². The van der Waals surface area contributed by atoms with Gasteiger partial charge >= 0.3 is 29.8 Å². The molecule has 0 aliphatic carbocycles. The van der Waals surface area contributed by atoms with Crippen LogP contribution in [0.3, 0.4) is 0 Å². The third kappa shape index (κ3) is 36.6. The van der Waals surface area contributed by atoms with Gasteiger partial charge in [0.2, 0.25) is 53.2 Å². The first-order valence-electron chi connectivity index (χ1n) is 33.8. The molecule has 0 saturated carbocycles. The highest BCUT2D eigenvalue weighted by Gasteiger charge is 2.34. The highest BCUT2D eigenvalue weighted by molar-refractivity contribution is 7.80. The molecular weight excluding hydrogens is 1370 g/mol. The molecule has 1 unspecified atom stereocenters. The minimum atomic E-state index is -1.75. The first-order valence-corrected chi connectivity index (χ1v) is 34.4. The van der Waals surface area contributed by atoms with E-state index in [1.807, 2.05) is 0 Å². The number of hydrogen-bond acceptors (Lipinski definition) is 23. The maximum absolute atomic E-state index is 15.1. The molecule has 103 heavy (non-hydrogen) atoms. The fourth-order valence-electron chi connectivity index (χ4n) is 10.8. The summed E-state index contributed by atoms with van der Waals surface area (Å²) in [5.74, 6) is -13.4. The van der Waals surface area contributed by atoms with Crippen LogP contribution >= 0.6 is 12.6 Å². The number of aromatic nitrogens is 4. The zero-order chi connectivity index (χ0) is 75.6. The first-order chi connectivity index (χ1) is 49.2. The molecule has 1 saturated heterocycles. The number of nitrogens with two attached hydrogens (primary N) is 1. The van der Waals surface area contributed by atoms with E-state index in [9.17, 15) is 93.0 Å². The number of rotatable bonds is 48. The van der Waals surface area contributed by atoms with Gasteiger partial charge in [0.15, 0.2) is 0 Å². The second-order valence-corrected chi connectivity index (χ2v) is 24.9. The smallest absolute Gasteiger partial charge is 0.317 e. The van der Waals surface area contributed by atoms with E-state index in [0.29, 0.717) is 25.2 Å². The van der Waals surface area contributed by atoms with Crippen molar-refractivity contribution in [3.8, 4) is 5.75 Å². The molecule has 0 bridgehead atoms. The van der Waals surface area contributed by atoms with Crippen LogP contribution in [0.25, 0.3) is 0 Å². The van der Waals surface area contributed by atoms with E-state index in [0.717, 1.165) is 0 Å². The van der Waals surface area contributed by atoms with Crippen LogP contribution in [0.1, 0.15) is 82.6 Å². The Labute approximate surface area is 599 Å². The van der Waals surface area contributed by atoms with E-state index in [-0.39, 0.29) is 166 Å². The zero-order valence-corrected chi connectivity index (χ0v) is 58.3. The summed E-state index contributed by atoms with van der Waals surface area (Å²) in [6.07, 6.45) is 7.96. The highest BCUT2D eigenvalue weighted by atomic mass is 32.1. The number of nitrogens with zero attached hydrogens (tertiary/aromatic N) is 8. The van der Waals surface area contributed by atoms with E-state index in [2.05, 4.69) is 70.4 Å². The highest BCUT2D eigenvalue weighted by Crippen LogP contribution is 2.15. The van der Waals surface area contributed by atoms with Crippen LogP contribution in [0.5, 0.6) is 5.75 Å². The van der Waals surface area contributed by atoms with E-state index in [1.165, 1.54) is 43.9 Å². The number of nitrogens with one attached hydrogen (secondary N) is 9. The number of carboxylic acid groups (broad SMARTS) is 5. The Bertz CT molecular complexity index is 3220. The summed E-state index contributed by atoms with van der Waals surface area (Å²) in [5.41, 5.74) is 5.94. The van der Waals surface area contributed by atoms with Crippen LogP contribution in [-0.2, 0) is 86.6 Å². The predicted molar refractivity (Wildman–Crippen MR) is 369 cm³/mol. The summed E-state index contributed by atoms with van der Waals surface area (Å²) < 4.78 is 3.52. The first kappa shape index (κ1) is 85.6. The lowest BCUT2D eigenvalue weighted by atomic mass is 10.0. The Morgan fingerprint density at radius 1 is 0.476 bits per heavy atom. The molecule has 9 amide bonds. The minimum Gasteiger partial charge on any atom is -0.508 e. The monoisotopic (exact) mass is 1470 g/mol. The van der Waals surface area contributed by atoms with E-state index < -0.39 is 146 Å². The van der Waals surface area contributed by atoms with Crippen LogP contribution in [0.15, 0.2) is 61.7 Å². The van der Waals surface area contributed by atoms with Crippen molar-refractivity contribution in [2.24, 2.45) is 5.73 Å². The summed E-state index contributed by atoms with van der Waals surface area (Å²) in [6.45, 7) is -1.34. The molecule has 3 aromatic rings. The number of phenolic OH excluding ortho intramolecular Hbond substituents is 1. The maximum atomic E-state index is 15.1. The Morgan fingerprint density at radius 2 is 0.874 bits per heavy atom. The summed E-state index contributed by atoms with van der Waals surface area (Å²) >= 11 is 4.10. The average Bonchev–Trinajstić information content (AvgIpc) is 1.29. The number of unbranched alkanes of at least 4 members (excludes halogenated alkanes) is 2. The second-order valence-electron chi connectivity index (χ2n) is 24.6. The standard InChI is InChI=1S/C64H98N18O20S/c65-60(98)50(40-103)76-62(100)47(6-2-4-18-69-52(85)13-15-54(87)71-22-26-80-24-20-67-42-80)73-63(101)48(11-16-55(88)89)75-61(99)46(5-1-3-17-68-51(84)12-14-53(86)70-21-25-79-23-19-66-41-79)74-64(102)49(33-43-7-9-45(83)10-8-43)72-34-44-35-81(38-58(94)95)30-29-77(36-56(90)91)27-28-78(37-57(92)93)31-32-82(44)39-59(96)97/h7-10,19-20,23-24,41-42,44,46-50,72,83,103H,1-6,11-18,21-22,25-40H2,(H2,65,98)(H,68,84)(H,69,85)(H,70,86)(H,71,87)(H,73,101)(H,74,102)(H,75,99)(H,76,100)(H,88,89)(H,90,91)(H,92,93)(H,94,95)(H,96,97)/t44?,46-,47-,48-,49-,50-/m1/s1. The lowest BCUT2D eigenvalue weighted by molar-refractivity contribution is -0.142. The molecule has 1 aliphatic rings. The number of carbonyl (C=O) groups excluding carboxylic acids is 9. The summed E-state index contributed by atoms with van der Waals surface area (Å²) in [4.78, 5) is 196. The van der Waals surface area contributed by atoms with E-state index in [1.54, 1.807) is 46.6 Å². The van der Waals surface area contributed by atoms with Gasteiger partial charge in [0.05, 0.1) is 44.9 Å². The van der Waals surface area contributed by atoms with Crippen molar-refractivity contribution in [1.29, 1.82) is 0 Å². The lowest BCUT2D eigenvalue weighted by Gasteiger charge is -2.38. The third-order valence-corrected chi connectivity index (χ3v) is 16.8. The van der Waals surface area contributed by atoms with Crippen molar-refractivity contribution < 1.29 is 97.8 Å². The molecule has 1 aromatic carbocycles. The molecule has 570 valence electrons. The van der Waals surface area contributed by atoms with Gasteiger partial charge in [-0.2, -0.15) is 12.6 Å². The predicted octanol–water partition coefficient (Wildman–Crippen LogP) is -4.80. The normalized spacial score (nSPS) is 15.6. The lowest BCUT2D eigenvalue weighted by Crippen LogP contribution is -2.60. The van der Waals surface area contributed by atoms with Gasteiger partial charge in [0, 0.05) is 160 Å². The maximum Gasteiger partial charge on any atom is 0.317 e. The van der Waals surface area contributed by atoms with Crippen molar-refractivity contribution in [2.45, 2.75) is 133 Å². The number of carboxylic acids is 5. The number of hydrogen-bond donors (Lipinski definition) is 17. The van der Waals surface area contributed by atoms with Gasteiger partial charge in [-0.15, -0.1) is 0 Å². The number of carbonyl (C=O) groups is 14. The fourth-order valence-corrected chi connectivity index (χ4v) is 11.1. The van der Waals surface area contributed by atoms with Crippen molar-refractivity contribution in [3.63, 3.8) is 0 Å². The number of amides is 9. The fraction of sp³-hybridized carbons (Fsp3) is 0.594. The topological polar surface area (TPSA) is 543 Å². The number of thiol groups is 1. The van der Waals surface area contributed by atoms with Gasteiger partial charge in [-0.05, 0) is 69.1 Å². The molecule has 4 rings (SSSR count). The molecule has 17 N–H and O–H groups in total. The van der Waals surface area contributed by atoms with Crippen LogP contribution in [0.2, 0.25) is 0 Å². The Morgan fingerprint density at radius 3 is 1.28 bits per heavy atom. The van der Waals surface area contributed by atoms with Crippen molar-refractivity contribution in [1.82, 2.24) is 86.6 Å². The summed E-state index contributed by atoms with van der Waals surface area (Å²) in [7, 11) is 0. The van der Waals surface area contributed by atoms with Crippen LogP contribution in [0, 0.1) is 0 Å². The number of benzene rings is 1. The minimum absolute atomic E-state index is 0.0137. The van der Waals surface area contributed by atoms with Gasteiger partial charge in [-0.3, -0.25) is 86.7 Å². The van der Waals surface area contributed by atoms with Crippen LogP contribution in [-0.4, -0.2) is 299 Å². The number of imidazole rings is 2. The van der Waals surface area contributed by atoms with Gasteiger partial charge < -0.3 is 93.4 Å². The second kappa shape index (κ2) is 47.4. The number of aliphatic carboxylic acids is 5. The Kier molecular flexibility index (Phi) is 39.4. The molecule has 2 aromatic heterocycles. The summed E-state index contributed by atoms with van der Waals surface area (Å²) in [5, 5.41) is 84.3. The third-order valence-electron chi connectivity index (χ3n) is 16.4. The molecule has 1 aliphatic heterocycles. The van der Waals surface area contributed by atoms with Crippen LogP contribution < -0.4 is 53.6 Å². The zero-order valence-electron chi connectivity index (χ0n) is 57.4. The van der Waals surface area contributed by atoms with Gasteiger partial charge in [0.25, 0.3) is 0 Å². The molecule has 1 fully saturated rings. The molecule has 6 atom stereocenters. The Balaban J connectivity index is 1.65. The van der Waals surface area contributed by atoms with Gasteiger partial charge in [-0.25, -0.2) is 9.97 Å². The molecular formula is C64H98N18O20S. The van der Waals surface area contributed by atoms with Gasteiger partial charge in [0.1, 0.15) is 29.9 Å². The summed E-state index contributed by atoms with van der Waals surface area (Å²) in [6, 6.07) is -2.86. The van der Waals surface area contributed by atoms with Crippen molar-refractivity contribution >= 4 is 95.6 Å². The molecule has 39 heteroatoms. The van der Waals surface area contributed by atoms with Crippen molar-refractivity contribution in [2.75, 3.05) is 110 Å². The van der Waals surface area contributed by atoms with E-state index in [4.69, 9.17) is 5.73 Å². The SMILES string of the molecule is NC(=O)[C@@H](CS)NC(=O)[C@@H](CCCCNC(=O)CCC(=O)NCCn1ccnc1)NC(=O)[C@@H](CCC(=O)O)NC(=O)[C@@H](CCCCNC(=O)CCC(=O)NCCn1ccnc1)NC(=O)[C@@H](Cc1ccc(O)cc1)NCC1CN(CC(=O)O)CCN(CC(=O)O)CCN(CC(=O)O)CCN1CC(=O)O. The average molecular weight is 1470 g/mol. The quantitative estimate of drug-likeness (QED) is 0.0186. The number of phenols is 1. The molecule has 38 nitrogen and oxygen atoms in total.